The smallest absolute Gasteiger partial charge is 0.234 e. The molecule has 0 unspecified atom stereocenters. The second kappa shape index (κ2) is 6.53. The highest BCUT2D eigenvalue weighted by molar-refractivity contribution is 5.78. The van der Waals surface area contributed by atoms with Crippen LogP contribution < -0.4 is 10.6 Å². The van der Waals surface area contributed by atoms with E-state index in [4.69, 9.17) is 5.26 Å². The third kappa shape index (κ3) is 4.07. The first-order valence-corrected chi connectivity index (χ1v) is 5.01. The van der Waals surface area contributed by atoms with E-state index >= 15 is 0 Å². The van der Waals surface area contributed by atoms with E-state index < -0.39 is 0 Å². The fraction of sp³-hybridized carbons (Fsp3) is 0.364. The van der Waals surface area contributed by atoms with Gasteiger partial charge in [-0.25, -0.2) is 0 Å². The first-order valence-electron chi connectivity index (χ1n) is 5.01. The second-order valence-corrected chi connectivity index (χ2v) is 3.32. The lowest BCUT2D eigenvalue weighted by Crippen LogP contribution is -2.35. The van der Waals surface area contributed by atoms with Crippen LogP contribution in [0.2, 0.25) is 0 Å². The van der Waals surface area contributed by atoms with Gasteiger partial charge in [0.05, 0.1) is 12.6 Å². The van der Waals surface area contributed by atoms with Crippen molar-refractivity contribution < 1.29 is 4.79 Å². The average Bonchev–Trinajstić information content (AvgIpc) is 2.34. The number of amides is 1. The third-order valence-corrected chi connectivity index (χ3v) is 2.14. The molecule has 0 radical (unpaired) electrons. The summed E-state index contributed by atoms with van der Waals surface area (Å²) < 4.78 is 0. The number of hydrogen-bond acceptors (Lipinski definition) is 4. The molecule has 0 fully saturated rings. The molecular weight excluding hydrogens is 204 g/mol. The van der Waals surface area contributed by atoms with Gasteiger partial charge >= 0.3 is 0 Å². The lowest BCUT2D eigenvalue weighted by molar-refractivity contribution is -0.120. The van der Waals surface area contributed by atoms with Crippen molar-refractivity contribution in [3.63, 3.8) is 0 Å². The van der Waals surface area contributed by atoms with Gasteiger partial charge in [0.15, 0.2) is 0 Å². The van der Waals surface area contributed by atoms with Crippen LogP contribution >= 0.6 is 0 Å². The van der Waals surface area contributed by atoms with Gasteiger partial charge in [-0.05, 0) is 24.6 Å². The summed E-state index contributed by atoms with van der Waals surface area (Å²) in [6.45, 7) is 2.21. The Balaban J connectivity index is 2.33. The molecule has 2 N–H and O–H groups in total. The van der Waals surface area contributed by atoms with Gasteiger partial charge in [0.1, 0.15) is 6.54 Å². The summed E-state index contributed by atoms with van der Waals surface area (Å²) >= 11 is 0. The number of carbonyl (C=O) groups is 1. The Kier molecular flexibility index (Phi) is 4.96. The summed E-state index contributed by atoms with van der Waals surface area (Å²) in [6.07, 6.45) is 3.42. The highest BCUT2D eigenvalue weighted by atomic mass is 16.1. The summed E-state index contributed by atoms with van der Waals surface area (Å²) in [5.41, 5.74) is 1.07. The van der Waals surface area contributed by atoms with Crippen LogP contribution in [0.25, 0.3) is 0 Å². The van der Waals surface area contributed by atoms with Gasteiger partial charge in [-0.3, -0.25) is 9.78 Å². The molecule has 5 nitrogen and oxygen atoms in total. The van der Waals surface area contributed by atoms with Crippen molar-refractivity contribution in [3.05, 3.63) is 30.1 Å². The van der Waals surface area contributed by atoms with E-state index in [-0.39, 0.29) is 25.0 Å². The van der Waals surface area contributed by atoms with Crippen molar-refractivity contribution in [2.75, 3.05) is 13.1 Å². The summed E-state index contributed by atoms with van der Waals surface area (Å²) in [7, 11) is 0. The van der Waals surface area contributed by atoms with Gasteiger partial charge in [-0.1, -0.05) is 0 Å². The number of rotatable bonds is 5. The number of aromatic nitrogens is 1. The van der Waals surface area contributed by atoms with Gasteiger partial charge in [-0.2, -0.15) is 5.26 Å². The van der Waals surface area contributed by atoms with Crippen molar-refractivity contribution in [3.8, 4) is 6.07 Å². The SMILES string of the molecule is C[C@H](NCC(=O)NCC#N)c1ccncc1. The maximum Gasteiger partial charge on any atom is 0.234 e. The number of pyridine rings is 1. The predicted molar refractivity (Wildman–Crippen MR) is 59.3 cm³/mol. The minimum atomic E-state index is -0.178. The van der Waals surface area contributed by atoms with Crippen LogP contribution in [0.15, 0.2) is 24.5 Å². The number of nitriles is 1. The maximum atomic E-state index is 11.2. The van der Waals surface area contributed by atoms with E-state index in [1.54, 1.807) is 12.4 Å². The Hall–Kier alpha value is -1.93. The zero-order valence-electron chi connectivity index (χ0n) is 9.10. The summed E-state index contributed by atoms with van der Waals surface area (Å²) in [4.78, 5) is 15.1. The van der Waals surface area contributed by atoms with Gasteiger partial charge in [-0.15, -0.1) is 0 Å². The molecule has 0 aliphatic carbocycles. The lowest BCUT2D eigenvalue weighted by atomic mass is 10.1. The van der Waals surface area contributed by atoms with Crippen LogP contribution in [0.1, 0.15) is 18.5 Å². The molecule has 1 atom stereocenters. The number of nitrogens with zero attached hydrogens (tertiary/aromatic N) is 2. The fourth-order valence-electron chi connectivity index (χ4n) is 1.22. The second-order valence-electron chi connectivity index (χ2n) is 3.32. The molecule has 1 heterocycles. The molecule has 0 saturated carbocycles. The molecule has 0 spiro atoms. The Morgan fingerprint density at radius 2 is 2.25 bits per heavy atom. The van der Waals surface area contributed by atoms with E-state index in [2.05, 4.69) is 15.6 Å². The maximum absolute atomic E-state index is 11.2. The first kappa shape index (κ1) is 12.1. The lowest BCUT2D eigenvalue weighted by Gasteiger charge is -2.13. The number of carbonyl (C=O) groups excluding carboxylic acids is 1. The van der Waals surface area contributed by atoms with Gasteiger partial charge in [0.2, 0.25) is 5.91 Å². The normalized spacial score (nSPS) is 11.5. The van der Waals surface area contributed by atoms with Crippen molar-refractivity contribution in [1.82, 2.24) is 15.6 Å². The Labute approximate surface area is 94.5 Å². The molecule has 5 heteroatoms. The molecule has 0 aromatic carbocycles. The molecule has 1 amide bonds. The number of hydrogen-bond donors (Lipinski definition) is 2. The van der Waals surface area contributed by atoms with Crippen molar-refractivity contribution in [1.29, 1.82) is 5.26 Å². The minimum absolute atomic E-state index is 0.0458. The van der Waals surface area contributed by atoms with Gasteiger partial charge < -0.3 is 10.6 Å². The quantitative estimate of drug-likeness (QED) is 0.700. The van der Waals surface area contributed by atoms with Crippen molar-refractivity contribution >= 4 is 5.91 Å². The molecule has 1 rings (SSSR count). The minimum Gasteiger partial charge on any atom is -0.342 e. The molecule has 0 aliphatic heterocycles. The molecule has 0 saturated heterocycles. The molecule has 84 valence electrons. The van der Waals surface area contributed by atoms with Gasteiger partial charge in [0.25, 0.3) is 0 Å². The monoisotopic (exact) mass is 218 g/mol. The molecule has 1 aromatic heterocycles. The van der Waals surface area contributed by atoms with Crippen LogP contribution in [0.4, 0.5) is 0 Å². The van der Waals surface area contributed by atoms with Crippen molar-refractivity contribution in [2.24, 2.45) is 0 Å². The highest BCUT2D eigenvalue weighted by Crippen LogP contribution is 2.09. The largest absolute Gasteiger partial charge is 0.342 e. The predicted octanol–water partition coefficient (Wildman–Crippen LogP) is 0.372. The topological polar surface area (TPSA) is 77.8 Å². The van der Waals surface area contributed by atoms with E-state index in [1.807, 2.05) is 25.1 Å². The van der Waals surface area contributed by atoms with Crippen molar-refractivity contribution in [2.45, 2.75) is 13.0 Å². The molecular formula is C11H14N4O. The summed E-state index contributed by atoms with van der Waals surface area (Å²) in [6, 6.07) is 5.72. The molecule has 16 heavy (non-hydrogen) atoms. The van der Waals surface area contributed by atoms with Gasteiger partial charge in [0, 0.05) is 18.4 Å². The van der Waals surface area contributed by atoms with Crippen LogP contribution in [0, 0.1) is 11.3 Å². The third-order valence-electron chi connectivity index (χ3n) is 2.14. The molecule has 0 bridgehead atoms. The standard InChI is InChI=1S/C11H14N4O/c1-9(10-2-5-13-6-3-10)15-8-11(16)14-7-4-12/h2-3,5-6,9,15H,7-8H2,1H3,(H,14,16)/t9-/m0/s1. The molecule has 1 aromatic rings. The van der Waals surface area contributed by atoms with Crippen LogP contribution in [0.5, 0.6) is 0 Å². The zero-order chi connectivity index (χ0) is 11.8. The fourth-order valence-corrected chi connectivity index (χ4v) is 1.22. The Bertz CT molecular complexity index is 371. The van der Waals surface area contributed by atoms with Crippen LogP contribution in [-0.4, -0.2) is 24.0 Å². The average molecular weight is 218 g/mol. The van der Waals surface area contributed by atoms with E-state index in [9.17, 15) is 4.79 Å². The Morgan fingerprint density at radius 3 is 2.88 bits per heavy atom. The zero-order valence-corrected chi connectivity index (χ0v) is 9.10. The molecule has 0 aliphatic rings. The van der Waals surface area contributed by atoms with Crippen LogP contribution in [0.3, 0.4) is 0 Å². The number of nitrogens with one attached hydrogen (secondary N) is 2. The van der Waals surface area contributed by atoms with Crippen LogP contribution in [-0.2, 0) is 4.79 Å². The summed E-state index contributed by atoms with van der Waals surface area (Å²) in [5, 5.41) is 13.8. The first-order chi connectivity index (χ1) is 7.74. The van der Waals surface area contributed by atoms with E-state index in [0.717, 1.165) is 5.56 Å². The Morgan fingerprint density at radius 1 is 1.56 bits per heavy atom. The highest BCUT2D eigenvalue weighted by Gasteiger charge is 2.06. The van der Waals surface area contributed by atoms with E-state index in [1.165, 1.54) is 0 Å². The summed E-state index contributed by atoms with van der Waals surface area (Å²) in [5.74, 6) is -0.178. The van der Waals surface area contributed by atoms with E-state index in [0.29, 0.717) is 0 Å².